The van der Waals surface area contributed by atoms with Gasteiger partial charge in [0.2, 0.25) is 0 Å². The van der Waals surface area contributed by atoms with Crippen LogP contribution in [0.4, 0.5) is 5.69 Å². The smallest absolute Gasteiger partial charge is 0.161 e. The van der Waals surface area contributed by atoms with Crippen LogP contribution in [0.3, 0.4) is 0 Å². The Morgan fingerprint density at radius 2 is 1.70 bits per heavy atom. The van der Waals surface area contributed by atoms with E-state index in [4.69, 9.17) is 23.9 Å². The molecule has 0 saturated carbocycles. The fourth-order valence-electron chi connectivity index (χ4n) is 3.20. The van der Waals surface area contributed by atoms with Crippen LogP contribution in [0.25, 0.3) is 0 Å². The maximum atomic E-state index is 5.86. The Bertz CT molecular complexity index is 1070. The highest BCUT2D eigenvalue weighted by Crippen LogP contribution is 2.29. The Kier molecular flexibility index (Phi) is 13.5. The molecular weight excluding hydrogens is 470 g/mol. The number of hydrazone groups is 1. The third-order valence-electron chi connectivity index (χ3n) is 4.97. The summed E-state index contributed by atoms with van der Waals surface area (Å²) < 4.78 is 21.8. The topological polar surface area (TPSA) is 89.3 Å². The standard InChI is InChI=1S/C26H33N5O4.C2H6/c1-20-6-5-7-23(16-20)31-21(2)28-19-29-26(10-11-30-31)27-18-22-8-9-24(34-14-12-32-3)25(17-22)35-15-13-33-4;1-2/h5-9,11,16-17,19H,2,10,12-15,18H2,1,3-4H3,(H,27,28,29);1-2H3/b30-11-;. The highest BCUT2D eigenvalue weighted by molar-refractivity contribution is 6.00. The molecule has 1 heterocycles. The van der Waals surface area contributed by atoms with E-state index in [0.29, 0.717) is 56.7 Å². The third kappa shape index (κ3) is 10.1. The number of hydrogen-bond donors (Lipinski definition) is 1. The van der Waals surface area contributed by atoms with E-state index in [0.717, 1.165) is 22.6 Å². The SMILES string of the molecule is C=C1/N=C\NC(=NCc2ccc(OCCOC)c(OCCOC)c2)C/C=N\N1c1cccc(C)c1.CC. The maximum Gasteiger partial charge on any atom is 0.161 e. The fourth-order valence-corrected chi connectivity index (χ4v) is 3.20. The molecule has 37 heavy (non-hydrogen) atoms. The first kappa shape index (κ1) is 29.5. The molecular formula is C28H39N5O4. The molecule has 0 bridgehead atoms. The van der Waals surface area contributed by atoms with E-state index in [9.17, 15) is 0 Å². The van der Waals surface area contributed by atoms with E-state index in [-0.39, 0.29) is 0 Å². The lowest BCUT2D eigenvalue weighted by Gasteiger charge is -2.18. The van der Waals surface area contributed by atoms with Crippen LogP contribution in [0.15, 0.2) is 70.0 Å². The summed E-state index contributed by atoms with van der Waals surface area (Å²) in [6.07, 6.45) is 3.89. The Morgan fingerprint density at radius 3 is 2.41 bits per heavy atom. The molecule has 0 atom stereocenters. The minimum atomic E-state index is 0.422. The van der Waals surface area contributed by atoms with E-state index < -0.39 is 0 Å². The Morgan fingerprint density at radius 1 is 0.973 bits per heavy atom. The molecule has 1 N–H and O–H groups in total. The number of ether oxygens (including phenoxy) is 4. The first-order chi connectivity index (χ1) is 18.1. The second kappa shape index (κ2) is 16.9. The molecule has 1 aliphatic heterocycles. The Labute approximate surface area is 220 Å². The first-order valence-corrected chi connectivity index (χ1v) is 12.4. The minimum absolute atomic E-state index is 0.422. The highest BCUT2D eigenvalue weighted by atomic mass is 16.5. The molecule has 0 amide bonds. The van der Waals surface area contributed by atoms with E-state index in [1.807, 2.05) is 63.2 Å². The molecule has 1 aliphatic rings. The van der Waals surface area contributed by atoms with Gasteiger partial charge in [0, 0.05) is 26.9 Å². The molecule has 0 aliphatic carbocycles. The number of aryl methyl sites for hydroxylation is 1. The van der Waals surface area contributed by atoms with Crippen LogP contribution in [-0.2, 0) is 16.0 Å². The molecule has 200 valence electrons. The van der Waals surface area contributed by atoms with Crippen molar-refractivity contribution in [1.82, 2.24) is 5.32 Å². The molecule has 2 aromatic rings. The van der Waals surface area contributed by atoms with Crippen LogP contribution in [0.1, 0.15) is 31.4 Å². The van der Waals surface area contributed by atoms with Gasteiger partial charge in [0.05, 0.1) is 31.8 Å². The van der Waals surface area contributed by atoms with Crippen molar-refractivity contribution in [2.24, 2.45) is 15.1 Å². The van der Waals surface area contributed by atoms with E-state index in [1.54, 1.807) is 31.8 Å². The number of benzene rings is 2. The molecule has 0 saturated heterocycles. The van der Waals surface area contributed by atoms with Crippen LogP contribution < -0.4 is 19.8 Å². The van der Waals surface area contributed by atoms with Gasteiger partial charge < -0.3 is 24.3 Å². The summed E-state index contributed by atoms with van der Waals surface area (Å²) in [5.41, 5.74) is 3.01. The average Bonchev–Trinajstić information content (AvgIpc) is 3.00. The van der Waals surface area contributed by atoms with Crippen LogP contribution in [-0.4, -0.2) is 59.0 Å². The van der Waals surface area contributed by atoms with Crippen molar-refractivity contribution in [3.05, 3.63) is 66.0 Å². The summed E-state index contributed by atoms with van der Waals surface area (Å²) in [5, 5.41) is 9.41. The summed E-state index contributed by atoms with van der Waals surface area (Å²) in [6.45, 7) is 12.4. The lowest BCUT2D eigenvalue weighted by molar-refractivity contribution is 0.132. The quantitative estimate of drug-likeness (QED) is 0.431. The van der Waals surface area contributed by atoms with Crippen molar-refractivity contribution in [3.8, 4) is 11.5 Å². The van der Waals surface area contributed by atoms with Gasteiger partial charge in [-0.1, -0.05) is 38.6 Å². The zero-order valence-corrected chi connectivity index (χ0v) is 22.6. The number of nitrogens with zero attached hydrogens (tertiary/aromatic N) is 4. The van der Waals surface area contributed by atoms with E-state index in [1.165, 1.54) is 0 Å². The number of aliphatic imine (C=N–C) groups is 2. The van der Waals surface area contributed by atoms with E-state index >= 15 is 0 Å². The zero-order chi connectivity index (χ0) is 26.9. The zero-order valence-electron chi connectivity index (χ0n) is 22.6. The van der Waals surface area contributed by atoms with Crippen molar-refractivity contribution in [2.45, 2.75) is 33.7 Å². The second-order valence-corrected chi connectivity index (χ2v) is 7.70. The predicted molar refractivity (Wildman–Crippen MR) is 151 cm³/mol. The predicted octanol–water partition coefficient (Wildman–Crippen LogP) is 4.96. The molecule has 3 rings (SSSR count). The number of hydrogen-bond acceptors (Lipinski definition) is 8. The first-order valence-electron chi connectivity index (χ1n) is 12.4. The summed E-state index contributed by atoms with van der Waals surface area (Å²) >= 11 is 0. The second-order valence-electron chi connectivity index (χ2n) is 7.70. The van der Waals surface area contributed by atoms with Gasteiger partial charge in [-0.3, -0.25) is 4.99 Å². The largest absolute Gasteiger partial charge is 0.487 e. The Hall–Kier alpha value is -3.69. The monoisotopic (exact) mass is 509 g/mol. The van der Waals surface area contributed by atoms with Crippen molar-refractivity contribution >= 4 is 24.1 Å². The number of anilines is 1. The van der Waals surface area contributed by atoms with Gasteiger partial charge in [-0.05, 0) is 42.3 Å². The molecule has 0 fully saturated rings. The van der Waals surface area contributed by atoms with Crippen LogP contribution in [0.5, 0.6) is 11.5 Å². The van der Waals surface area contributed by atoms with Crippen LogP contribution in [0, 0.1) is 6.92 Å². The van der Waals surface area contributed by atoms with E-state index in [2.05, 4.69) is 22.0 Å². The fraction of sp³-hybridized carbons (Fsp3) is 0.393. The average molecular weight is 510 g/mol. The van der Waals surface area contributed by atoms with Crippen LogP contribution in [0.2, 0.25) is 0 Å². The molecule has 9 heteroatoms. The Balaban J connectivity index is 0.00000235. The van der Waals surface area contributed by atoms with Crippen LogP contribution >= 0.6 is 0 Å². The summed E-state index contributed by atoms with van der Waals surface area (Å²) in [5.74, 6) is 2.54. The number of nitrogens with one attached hydrogen (secondary N) is 1. The molecule has 9 nitrogen and oxygen atoms in total. The number of methoxy groups -OCH3 is 2. The van der Waals surface area contributed by atoms with Gasteiger partial charge in [-0.25, -0.2) is 10.0 Å². The summed E-state index contributed by atoms with van der Waals surface area (Å²) in [6, 6.07) is 13.8. The molecule has 0 radical (unpaired) electrons. The van der Waals surface area contributed by atoms with Crippen molar-refractivity contribution in [3.63, 3.8) is 0 Å². The lowest BCUT2D eigenvalue weighted by atomic mass is 10.2. The maximum absolute atomic E-state index is 5.86. The van der Waals surface area contributed by atoms with Gasteiger partial charge in [-0.15, -0.1) is 0 Å². The van der Waals surface area contributed by atoms with Gasteiger partial charge in [0.15, 0.2) is 11.5 Å². The molecule has 0 aromatic heterocycles. The number of rotatable bonds is 11. The molecule has 0 spiro atoms. The lowest BCUT2D eigenvalue weighted by Crippen LogP contribution is -2.22. The van der Waals surface area contributed by atoms with Gasteiger partial charge in [-0.2, -0.15) is 5.10 Å². The number of amidine groups is 1. The van der Waals surface area contributed by atoms with Crippen molar-refractivity contribution in [1.29, 1.82) is 0 Å². The summed E-state index contributed by atoms with van der Waals surface area (Å²) in [7, 11) is 3.27. The summed E-state index contributed by atoms with van der Waals surface area (Å²) in [4.78, 5) is 9.09. The van der Waals surface area contributed by atoms with Crippen molar-refractivity contribution < 1.29 is 18.9 Å². The van der Waals surface area contributed by atoms with Gasteiger partial charge >= 0.3 is 0 Å². The molecule has 2 aromatic carbocycles. The van der Waals surface area contributed by atoms with Gasteiger partial charge in [0.25, 0.3) is 0 Å². The minimum Gasteiger partial charge on any atom is -0.487 e. The van der Waals surface area contributed by atoms with Gasteiger partial charge in [0.1, 0.15) is 24.9 Å². The van der Waals surface area contributed by atoms with Crippen molar-refractivity contribution in [2.75, 3.05) is 45.7 Å². The normalized spacial score (nSPS) is 16.0. The third-order valence-corrected chi connectivity index (χ3v) is 4.97. The highest BCUT2D eigenvalue weighted by Gasteiger charge is 2.11. The molecule has 0 unspecified atom stereocenters.